The van der Waals surface area contributed by atoms with Gasteiger partial charge < -0.3 is 9.64 Å². The maximum Gasteiger partial charge on any atom is 0.259 e. The Balaban J connectivity index is 1.64. The zero-order chi connectivity index (χ0) is 16.8. The quantitative estimate of drug-likeness (QED) is 0.836. The third-order valence-electron chi connectivity index (χ3n) is 4.14. The fraction of sp³-hybridized carbons (Fsp3) is 0.444. The molecule has 0 unspecified atom stereocenters. The van der Waals surface area contributed by atoms with Gasteiger partial charge in [-0.2, -0.15) is 11.3 Å². The minimum atomic E-state index is 0.0175. The summed E-state index contributed by atoms with van der Waals surface area (Å²) in [5.74, 6) is 0.452. The molecule has 0 aromatic carbocycles. The molecule has 128 valence electrons. The number of carbonyl (C=O) groups is 1. The van der Waals surface area contributed by atoms with E-state index >= 15 is 0 Å². The lowest BCUT2D eigenvalue weighted by Gasteiger charge is -2.22. The van der Waals surface area contributed by atoms with Gasteiger partial charge in [0.2, 0.25) is 5.88 Å². The van der Waals surface area contributed by atoms with E-state index in [2.05, 4.69) is 26.7 Å². The van der Waals surface area contributed by atoms with E-state index in [0.717, 1.165) is 39.1 Å². The van der Waals surface area contributed by atoms with Gasteiger partial charge in [0.1, 0.15) is 5.56 Å². The summed E-state index contributed by atoms with van der Waals surface area (Å²) in [5.41, 5.74) is 1.91. The lowest BCUT2D eigenvalue weighted by atomic mass is 10.2. The van der Waals surface area contributed by atoms with Crippen LogP contribution in [0.15, 0.2) is 35.2 Å². The summed E-state index contributed by atoms with van der Waals surface area (Å²) in [6.45, 7) is 6.80. The Bertz CT molecular complexity index is 660. The van der Waals surface area contributed by atoms with E-state index in [0.29, 0.717) is 18.1 Å². The van der Waals surface area contributed by atoms with Crippen molar-refractivity contribution in [1.29, 1.82) is 0 Å². The molecular weight excluding hydrogens is 322 g/mol. The van der Waals surface area contributed by atoms with E-state index < -0.39 is 0 Å². The fourth-order valence-electron chi connectivity index (χ4n) is 2.95. The molecule has 1 fully saturated rings. The molecule has 5 nitrogen and oxygen atoms in total. The number of carbonyl (C=O) groups excluding carboxylic acids is 1. The molecular formula is C18H23N3O2S. The number of hydrogen-bond donors (Lipinski definition) is 0. The first-order valence-electron chi connectivity index (χ1n) is 8.38. The van der Waals surface area contributed by atoms with Crippen molar-refractivity contribution in [2.24, 2.45) is 0 Å². The second-order valence-corrected chi connectivity index (χ2v) is 6.62. The number of thiophene rings is 1. The third kappa shape index (κ3) is 4.13. The van der Waals surface area contributed by atoms with E-state index in [4.69, 9.17) is 4.74 Å². The summed E-state index contributed by atoms with van der Waals surface area (Å²) < 4.78 is 5.50. The monoisotopic (exact) mass is 345 g/mol. The highest BCUT2D eigenvalue weighted by Gasteiger charge is 2.23. The number of aromatic nitrogens is 1. The molecule has 0 bridgehead atoms. The average Bonchev–Trinajstić information content (AvgIpc) is 2.99. The third-order valence-corrected chi connectivity index (χ3v) is 4.88. The molecule has 0 N–H and O–H groups in total. The lowest BCUT2D eigenvalue weighted by molar-refractivity contribution is 0.0756. The minimum Gasteiger partial charge on any atom is -0.477 e. The van der Waals surface area contributed by atoms with Crippen LogP contribution < -0.4 is 4.74 Å². The molecule has 24 heavy (non-hydrogen) atoms. The van der Waals surface area contributed by atoms with Crippen LogP contribution in [0.2, 0.25) is 0 Å². The first kappa shape index (κ1) is 16.9. The Labute approximate surface area is 146 Å². The number of hydrogen-bond acceptors (Lipinski definition) is 5. The standard InChI is InChI=1S/C18H23N3O2S/c1-2-23-17-16(5-3-7-19-17)18(22)21-9-4-8-20(10-11-21)13-15-6-12-24-14-15/h3,5-7,12,14H,2,4,8-11,13H2,1H3. The predicted molar refractivity (Wildman–Crippen MR) is 95.5 cm³/mol. The van der Waals surface area contributed by atoms with Crippen LogP contribution in [0.3, 0.4) is 0 Å². The van der Waals surface area contributed by atoms with Crippen molar-refractivity contribution in [2.75, 3.05) is 32.8 Å². The van der Waals surface area contributed by atoms with E-state index in [9.17, 15) is 4.79 Å². The predicted octanol–water partition coefficient (Wildman–Crippen LogP) is 2.89. The molecule has 0 saturated carbocycles. The Morgan fingerprint density at radius 1 is 1.29 bits per heavy atom. The molecule has 2 aromatic heterocycles. The zero-order valence-electron chi connectivity index (χ0n) is 14.0. The fourth-order valence-corrected chi connectivity index (χ4v) is 3.61. The van der Waals surface area contributed by atoms with Crippen molar-refractivity contribution in [1.82, 2.24) is 14.8 Å². The number of ether oxygens (including phenoxy) is 1. The largest absolute Gasteiger partial charge is 0.477 e. The summed E-state index contributed by atoms with van der Waals surface area (Å²) in [7, 11) is 0. The molecule has 3 rings (SSSR count). The van der Waals surface area contributed by atoms with E-state index in [1.165, 1.54) is 5.56 Å². The molecule has 1 saturated heterocycles. The van der Waals surface area contributed by atoms with Crippen molar-refractivity contribution in [3.8, 4) is 5.88 Å². The summed E-state index contributed by atoms with van der Waals surface area (Å²) in [5, 5.41) is 4.30. The van der Waals surface area contributed by atoms with Gasteiger partial charge in [-0.05, 0) is 47.9 Å². The molecule has 0 radical (unpaired) electrons. The molecule has 0 spiro atoms. The Morgan fingerprint density at radius 2 is 2.21 bits per heavy atom. The highest BCUT2D eigenvalue weighted by atomic mass is 32.1. The molecule has 0 aliphatic carbocycles. The van der Waals surface area contributed by atoms with Crippen LogP contribution in [0.25, 0.3) is 0 Å². The highest BCUT2D eigenvalue weighted by Crippen LogP contribution is 2.18. The highest BCUT2D eigenvalue weighted by molar-refractivity contribution is 7.07. The van der Waals surface area contributed by atoms with Gasteiger partial charge in [-0.15, -0.1) is 0 Å². The maximum atomic E-state index is 12.9. The molecule has 6 heteroatoms. The average molecular weight is 345 g/mol. The minimum absolute atomic E-state index is 0.0175. The van der Waals surface area contributed by atoms with Crippen LogP contribution in [0.4, 0.5) is 0 Å². The number of amides is 1. The van der Waals surface area contributed by atoms with Gasteiger partial charge >= 0.3 is 0 Å². The summed E-state index contributed by atoms with van der Waals surface area (Å²) in [4.78, 5) is 21.4. The van der Waals surface area contributed by atoms with Crippen molar-refractivity contribution in [2.45, 2.75) is 19.9 Å². The normalized spacial score (nSPS) is 16.0. The Kier molecular flexibility index (Phi) is 5.82. The van der Waals surface area contributed by atoms with Crippen LogP contribution >= 0.6 is 11.3 Å². The summed E-state index contributed by atoms with van der Waals surface area (Å²) in [6.07, 6.45) is 2.65. The molecule has 3 heterocycles. The molecule has 2 aromatic rings. The van der Waals surface area contributed by atoms with Crippen molar-refractivity contribution in [3.05, 3.63) is 46.3 Å². The van der Waals surface area contributed by atoms with Gasteiger partial charge in [-0.25, -0.2) is 4.98 Å². The van der Waals surface area contributed by atoms with Gasteiger partial charge in [-0.3, -0.25) is 9.69 Å². The van der Waals surface area contributed by atoms with Crippen molar-refractivity contribution >= 4 is 17.2 Å². The molecule has 1 aliphatic rings. The van der Waals surface area contributed by atoms with Crippen LogP contribution in [0.1, 0.15) is 29.3 Å². The van der Waals surface area contributed by atoms with Crippen molar-refractivity contribution < 1.29 is 9.53 Å². The summed E-state index contributed by atoms with van der Waals surface area (Å²) >= 11 is 1.73. The molecule has 0 atom stereocenters. The SMILES string of the molecule is CCOc1ncccc1C(=O)N1CCCN(Cc2ccsc2)CC1. The van der Waals surface area contributed by atoms with Crippen molar-refractivity contribution in [3.63, 3.8) is 0 Å². The Morgan fingerprint density at radius 3 is 3.00 bits per heavy atom. The van der Waals surface area contributed by atoms with E-state index in [-0.39, 0.29) is 5.91 Å². The van der Waals surface area contributed by atoms with Gasteiger partial charge in [-0.1, -0.05) is 0 Å². The van der Waals surface area contributed by atoms with Crippen LogP contribution in [-0.2, 0) is 6.54 Å². The topological polar surface area (TPSA) is 45.7 Å². The van der Waals surface area contributed by atoms with Crippen LogP contribution in [0, 0.1) is 0 Å². The van der Waals surface area contributed by atoms with Gasteiger partial charge in [0.05, 0.1) is 6.61 Å². The van der Waals surface area contributed by atoms with Gasteiger partial charge in [0.15, 0.2) is 0 Å². The second kappa shape index (κ2) is 8.26. The van der Waals surface area contributed by atoms with Gasteiger partial charge in [0.25, 0.3) is 5.91 Å². The molecule has 1 aliphatic heterocycles. The Hall–Kier alpha value is -1.92. The number of pyridine rings is 1. The maximum absolute atomic E-state index is 12.9. The number of rotatable bonds is 5. The smallest absolute Gasteiger partial charge is 0.259 e. The number of nitrogens with zero attached hydrogens (tertiary/aromatic N) is 3. The first-order chi connectivity index (χ1) is 11.8. The van der Waals surface area contributed by atoms with E-state index in [1.54, 1.807) is 29.7 Å². The van der Waals surface area contributed by atoms with Crippen LogP contribution in [-0.4, -0.2) is 53.5 Å². The molecule has 1 amide bonds. The zero-order valence-corrected chi connectivity index (χ0v) is 14.8. The first-order valence-corrected chi connectivity index (χ1v) is 9.32. The van der Waals surface area contributed by atoms with E-state index in [1.807, 2.05) is 11.8 Å². The second-order valence-electron chi connectivity index (χ2n) is 5.84. The lowest BCUT2D eigenvalue weighted by Crippen LogP contribution is -2.35. The van der Waals surface area contributed by atoms with Gasteiger partial charge in [0, 0.05) is 38.9 Å². The summed E-state index contributed by atoms with van der Waals surface area (Å²) in [6, 6.07) is 5.76. The van der Waals surface area contributed by atoms with Crippen LogP contribution in [0.5, 0.6) is 5.88 Å².